The summed E-state index contributed by atoms with van der Waals surface area (Å²) in [7, 11) is 3.37. The number of ether oxygens (including phenoxy) is 1. The number of hydrogen-bond donors (Lipinski definition) is 2. The van der Waals surface area contributed by atoms with E-state index in [-0.39, 0.29) is 23.4 Å². The number of aromatic nitrogens is 4. The van der Waals surface area contributed by atoms with E-state index < -0.39 is 11.9 Å². The van der Waals surface area contributed by atoms with E-state index in [4.69, 9.17) is 32.9 Å². The van der Waals surface area contributed by atoms with Crippen LogP contribution >= 0.6 is 23.2 Å². The first-order chi connectivity index (χ1) is 23.7. The van der Waals surface area contributed by atoms with E-state index in [0.29, 0.717) is 78.1 Å². The molecule has 6 rings (SSSR count). The minimum absolute atomic E-state index is 0.265. The summed E-state index contributed by atoms with van der Waals surface area (Å²) in [5, 5.41) is 13.0. The molecule has 1 amide bonds. The van der Waals surface area contributed by atoms with Crippen LogP contribution in [0, 0.1) is 5.92 Å². The van der Waals surface area contributed by atoms with Crippen molar-refractivity contribution in [1.82, 2.24) is 29.3 Å². The molecule has 2 aliphatic rings. The van der Waals surface area contributed by atoms with E-state index in [0.717, 1.165) is 42.9 Å². The van der Waals surface area contributed by atoms with Crippen molar-refractivity contribution in [3.63, 3.8) is 0 Å². The molecule has 0 saturated carbocycles. The number of alkyl halides is 1. The summed E-state index contributed by atoms with van der Waals surface area (Å²) in [6.07, 6.45) is 4.32. The molecule has 0 bridgehead atoms. The lowest BCUT2D eigenvalue weighted by atomic mass is 9.98. The summed E-state index contributed by atoms with van der Waals surface area (Å²) < 4.78 is 20.2. The number of likely N-dealkylation sites (tertiary alicyclic amines) is 1. The second-order valence-corrected chi connectivity index (χ2v) is 13.1. The van der Waals surface area contributed by atoms with Gasteiger partial charge in [-0.15, -0.1) is 0 Å². The van der Waals surface area contributed by atoms with Crippen LogP contribution in [0.5, 0.6) is 5.88 Å². The van der Waals surface area contributed by atoms with Gasteiger partial charge < -0.3 is 19.7 Å². The molecule has 0 unspecified atom stereocenters. The zero-order valence-corrected chi connectivity index (χ0v) is 28.9. The molecule has 0 radical (unpaired) electrons. The Morgan fingerprint density at radius 3 is 2.69 bits per heavy atom. The lowest BCUT2D eigenvalue weighted by molar-refractivity contribution is -0.143. The van der Waals surface area contributed by atoms with Crippen molar-refractivity contribution < 1.29 is 23.8 Å². The van der Waals surface area contributed by atoms with E-state index in [2.05, 4.69) is 25.1 Å². The van der Waals surface area contributed by atoms with Crippen LogP contribution < -0.4 is 10.1 Å². The third kappa shape index (κ3) is 7.42. The molecule has 2 aliphatic heterocycles. The lowest BCUT2D eigenvalue weighted by Gasteiger charge is -2.30. The molecule has 4 aromatic rings. The molecule has 1 atom stereocenters. The maximum atomic E-state index is 13.5. The number of pyridine rings is 2. The highest BCUT2D eigenvalue weighted by Crippen LogP contribution is 2.40. The second kappa shape index (κ2) is 15.2. The molecule has 14 heteroatoms. The third-order valence-corrected chi connectivity index (χ3v) is 9.98. The molecule has 5 heterocycles. The molecule has 2 N–H and O–H groups in total. The minimum Gasteiger partial charge on any atom is -0.481 e. The zero-order chi connectivity index (χ0) is 34.7. The van der Waals surface area contributed by atoms with E-state index in [1.807, 2.05) is 23.7 Å². The van der Waals surface area contributed by atoms with Crippen molar-refractivity contribution in [3.05, 3.63) is 75.4 Å². The quantitative estimate of drug-likeness (QED) is 0.189. The fourth-order valence-electron chi connectivity index (χ4n) is 6.64. The van der Waals surface area contributed by atoms with Gasteiger partial charge in [-0.3, -0.25) is 28.8 Å². The monoisotopic (exact) mass is 709 g/mol. The fourth-order valence-corrected chi connectivity index (χ4v) is 7.21. The summed E-state index contributed by atoms with van der Waals surface area (Å²) in [5.74, 6) is -0.866. The Bertz CT molecular complexity index is 1870. The third-order valence-electron chi connectivity index (χ3n) is 9.19. The standard InChI is InChI=1S/C35H38Cl2FN7O4/c1-43-28-12-17-44(16-5-13-38)20-27(28)40-32(43)33(46)41-26-8-3-7-24(29(26)36)31-30(37)23(11-14-39-31)25-10-9-21(34(42-25)49-2)18-45-15-4-6-22(19-45)35(47)48/h3,7-11,14,22H,4-6,12-13,15-20H2,1-2H3,(H,41,46)(H,47,48)/t22-/m0/s1. The van der Waals surface area contributed by atoms with Gasteiger partial charge in [-0.05, 0) is 44.0 Å². The van der Waals surface area contributed by atoms with Crippen LogP contribution in [0.15, 0.2) is 42.6 Å². The predicted molar refractivity (Wildman–Crippen MR) is 186 cm³/mol. The van der Waals surface area contributed by atoms with Crippen molar-refractivity contribution >= 4 is 40.8 Å². The molecular formula is C35H38Cl2FN7O4. The number of carbonyl (C=O) groups is 2. The highest BCUT2D eigenvalue weighted by Gasteiger charge is 2.28. The van der Waals surface area contributed by atoms with Crippen molar-refractivity contribution in [2.75, 3.05) is 45.3 Å². The Morgan fingerprint density at radius 1 is 1.08 bits per heavy atom. The molecule has 49 heavy (non-hydrogen) atoms. The zero-order valence-electron chi connectivity index (χ0n) is 27.4. The van der Waals surface area contributed by atoms with Gasteiger partial charge in [0.25, 0.3) is 5.91 Å². The summed E-state index contributed by atoms with van der Waals surface area (Å²) in [4.78, 5) is 43.2. The molecule has 258 valence electrons. The van der Waals surface area contributed by atoms with Crippen LogP contribution in [-0.4, -0.2) is 86.3 Å². The van der Waals surface area contributed by atoms with Crippen LogP contribution in [0.1, 0.15) is 46.8 Å². The number of hydrogen-bond acceptors (Lipinski definition) is 8. The van der Waals surface area contributed by atoms with Crippen molar-refractivity contribution in [2.24, 2.45) is 13.0 Å². The van der Waals surface area contributed by atoms with Gasteiger partial charge in [0.05, 0.1) is 52.5 Å². The number of aliphatic carboxylic acids is 1. The summed E-state index contributed by atoms with van der Waals surface area (Å²) >= 11 is 13.9. The number of nitrogens with zero attached hydrogens (tertiary/aromatic N) is 6. The molecular weight excluding hydrogens is 672 g/mol. The summed E-state index contributed by atoms with van der Waals surface area (Å²) in [6, 6.07) is 10.8. The van der Waals surface area contributed by atoms with Crippen molar-refractivity contribution in [2.45, 2.75) is 38.8 Å². The summed E-state index contributed by atoms with van der Waals surface area (Å²) in [6.45, 7) is 3.45. The smallest absolute Gasteiger partial charge is 0.307 e. The Kier molecular flexibility index (Phi) is 10.8. The van der Waals surface area contributed by atoms with Gasteiger partial charge in [0.15, 0.2) is 5.82 Å². The van der Waals surface area contributed by atoms with E-state index >= 15 is 0 Å². The van der Waals surface area contributed by atoms with Gasteiger partial charge in [-0.1, -0.05) is 41.4 Å². The Labute approximate surface area is 294 Å². The van der Waals surface area contributed by atoms with Gasteiger partial charge in [-0.25, -0.2) is 9.97 Å². The number of methoxy groups -OCH3 is 1. The molecule has 1 aromatic carbocycles. The molecule has 1 fully saturated rings. The predicted octanol–water partition coefficient (Wildman–Crippen LogP) is 6.13. The summed E-state index contributed by atoms with van der Waals surface area (Å²) in [5.41, 5.74) is 5.16. The number of benzene rings is 1. The lowest BCUT2D eigenvalue weighted by Crippen LogP contribution is -2.38. The highest BCUT2D eigenvalue weighted by atomic mass is 35.5. The number of halogens is 3. The van der Waals surface area contributed by atoms with Gasteiger partial charge in [0.2, 0.25) is 5.88 Å². The van der Waals surface area contributed by atoms with Crippen molar-refractivity contribution in [1.29, 1.82) is 0 Å². The number of piperidine rings is 1. The van der Waals surface area contributed by atoms with E-state index in [1.54, 1.807) is 37.6 Å². The van der Waals surface area contributed by atoms with E-state index in [1.165, 1.54) is 0 Å². The number of anilines is 1. The first-order valence-corrected chi connectivity index (χ1v) is 17.0. The Balaban J connectivity index is 1.22. The van der Waals surface area contributed by atoms with Crippen LogP contribution in [-0.2, 0) is 31.4 Å². The van der Waals surface area contributed by atoms with Crippen LogP contribution in [0.2, 0.25) is 10.0 Å². The van der Waals surface area contributed by atoms with Crippen LogP contribution in [0.4, 0.5) is 10.1 Å². The van der Waals surface area contributed by atoms with Gasteiger partial charge in [-0.2, -0.15) is 0 Å². The number of carbonyl (C=O) groups excluding carboxylic acids is 1. The number of amides is 1. The average molecular weight is 711 g/mol. The highest BCUT2D eigenvalue weighted by molar-refractivity contribution is 6.39. The van der Waals surface area contributed by atoms with Gasteiger partial charge in [0.1, 0.15) is 0 Å². The maximum absolute atomic E-state index is 13.5. The minimum atomic E-state index is -0.771. The molecule has 1 saturated heterocycles. The number of fused-ring (bicyclic) bond motifs is 1. The van der Waals surface area contributed by atoms with E-state index in [9.17, 15) is 19.1 Å². The molecule has 0 spiro atoms. The topological polar surface area (TPSA) is 126 Å². The second-order valence-electron chi connectivity index (χ2n) is 12.4. The van der Waals surface area contributed by atoms with Crippen LogP contribution in [0.25, 0.3) is 22.5 Å². The first-order valence-electron chi connectivity index (χ1n) is 16.3. The normalized spacial score (nSPS) is 16.7. The Hall–Kier alpha value is -4.10. The van der Waals surface area contributed by atoms with Crippen LogP contribution in [0.3, 0.4) is 0 Å². The number of rotatable bonds is 11. The molecule has 3 aromatic heterocycles. The van der Waals surface area contributed by atoms with Gasteiger partial charge in [0, 0.05) is 74.8 Å². The largest absolute Gasteiger partial charge is 0.481 e. The number of carboxylic acids is 1. The first kappa shape index (κ1) is 34.8. The Morgan fingerprint density at radius 2 is 1.92 bits per heavy atom. The van der Waals surface area contributed by atoms with Gasteiger partial charge >= 0.3 is 5.97 Å². The SMILES string of the molecule is COc1nc(-c2ccnc(-c3cccc(NC(=O)c4nc5c(n4C)CCN(CCCF)C5)c3Cl)c2Cl)ccc1CN1CCC[C@H](C(=O)O)C1. The average Bonchev–Trinajstić information content (AvgIpc) is 3.44. The number of nitrogens with one attached hydrogen (secondary N) is 1. The maximum Gasteiger partial charge on any atom is 0.307 e. The molecule has 11 nitrogen and oxygen atoms in total. The number of imidazole rings is 1. The van der Waals surface area contributed by atoms with Crippen molar-refractivity contribution in [3.8, 4) is 28.4 Å². The number of carboxylic acid groups (broad SMARTS) is 1. The molecule has 0 aliphatic carbocycles. The fraction of sp³-hybridized carbons (Fsp3) is 0.400.